The summed E-state index contributed by atoms with van der Waals surface area (Å²) in [7, 11) is -3.89. The highest BCUT2D eigenvalue weighted by molar-refractivity contribution is 7.74. The molecule has 0 aliphatic carbocycles. The summed E-state index contributed by atoms with van der Waals surface area (Å²) in [6.45, 7) is 7.63. The van der Waals surface area contributed by atoms with Crippen LogP contribution in [0.15, 0.2) is 78.9 Å². The Morgan fingerprint density at radius 2 is 1.34 bits per heavy atom. The van der Waals surface area contributed by atoms with Crippen LogP contribution >= 0.6 is 30.6 Å². The summed E-state index contributed by atoms with van der Waals surface area (Å²) in [6, 6.07) is 18.7. The zero-order valence-corrected chi connectivity index (χ0v) is 29.2. The minimum absolute atomic E-state index is 0.0164. The number of carbonyl (C=O) groups excluding carboxylic acids is 4. The van der Waals surface area contributed by atoms with E-state index in [2.05, 4.69) is 10.6 Å². The molecule has 252 valence electrons. The van der Waals surface area contributed by atoms with Gasteiger partial charge in [0, 0.05) is 20.7 Å². The molecule has 0 radical (unpaired) electrons. The Morgan fingerprint density at radius 1 is 0.809 bits per heavy atom. The van der Waals surface area contributed by atoms with Gasteiger partial charge in [0.05, 0.1) is 6.42 Å². The van der Waals surface area contributed by atoms with Gasteiger partial charge in [0.25, 0.3) is 7.37 Å². The molecule has 0 fully saturated rings. The number of rotatable bonds is 14. The van der Waals surface area contributed by atoms with Crippen LogP contribution in [-0.4, -0.2) is 48.0 Å². The Bertz CT molecular complexity index is 1530. The van der Waals surface area contributed by atoms with E-state index in [1.165, 1.54) is 24.3 Å². The molecule has 3 rings (SSSR count). The van der Waals surface area contributed by atoms with E-state index in [-0.39, 0.29) is 17.2 Å². The van der Waals surface area contributed by atoms with Gasteiger partial charge in [0.2, 0.25) is 5.91 Å². The molecule has 0 saturated carbocycles. The molecule has 3 aromatic rings. The van der Waals surface area contributed by atoms with Gasteiger partial charge in [0.15, 0.2) is 5.78 Å². The molecule has 47 heavy (non-hydrogen) atoms. The lowest BCUT2D eigenvalue weighted by Crippen LogP contribution is -2.54. The van der Waals surface area contributed by atoms with Gasteiger partial charge in [0.1, 0.15) is 30.9 Å². The van der Waals surface area contributed by atoms with E-state index in [4.69, 9.17) is 37.2 Å². The summed E-state index contributed by atoms with van der Waals surface area (Å²) < 4.78 is 30.9. The number of Topliss-reactive ketones (excluding diaryl/α,β-unsaturated/α-hetero) is 1. The number of alkyl carbamates (subject to hydrolysis) is 1. The van der Waals surface area contributed by atoms with Gasteiger partial charge in [-0.2, -0.15) is 0 Å². The molecular weight excluding hydrogens is 666 g/mol. The third kappa shape index (κ3) is 11.8. The largest absolute Gasteiger partial charge is 0.460 e. The topological polar surface area (TPSA) is 137 Å². The summed E-state index contributed by atoms with van der Waals surface area (Å²) in [5.74, 6) is -2.67. The number of hydrogen-bond donors (Lipinski definition) is 2. The maximum Gasteiger partial charge on any atom is 0.408 e. The Kier molecular flexibility index (Phi) is 13.6. The third-order valence-corrected chi connectivity index (χ3v) is 9.61. The maximum atomic E-state index is 14.4. The molecule has 0 bridgehead atoms. The normalized spacial score (nSPS) is 12.9. The van der Waals surface area contributed by atoms with Crippen LogP contribution in [0.25, 0.3) is 0 Å². The van der Waals surface area contributed by atoms with Gasteiger partial charge in [-0.05, 0) is 80.8 Å². The van der Waals surface area contributed by atoms with Crippen molar-refractivity contribution in [3.05, 3.63) is 94.5 Å². The van der Waals surface area contributed by atoms with Crippen molar-refractivity contribution in [1.29, 1.82) is 0 Å². The Labute approximate surface area is 284 Å². The average molecular weight is 706 g/mol. The zero-order valence-electron chi connectivity index (χ0n) is 26.8. The first kappa shape index (κ1) is 37.8. The molecule has 13 heteroatoms. The molecule has 0 heterocycles. The smallest absolute Gasteiger partial charge is 0.408 e. The monoisotopic (exact) mass is 704 g/mol. The summed E-state index contributed by atoms with van der Waals surface area (Å²) in [6.07, 6.45) is -1.38. The van der Waals surface area contributed by atoms with Crippen LogP contribution in [0.1, 0.15) is 46.6 Å². The first-order valence-corrected chi connectivity index (χ1v) is 17.2. The summed E-state index contributed by atoms with van der Waals surface area (Å²) in [5, 5.41) is 6.44. The molecule has 0 aliphatic rings. The average Bonchev–Trinajstić information content (AvgIpc) is 3.01. The molecule has 10 nitrogen and oxygen atoms in total. The Morgan fingerprint density at radius 3 is 1.83 bits per heavy atom. The second-order valence-electron chi connectivity index (χ2n) is 12.0. The van der Waals surface area contributed by atoms with Crippen LogP contribution in [0.3, 0.4) is 0 Å². The van der Waals surface area contributed by atoms with Crippen molar-refractivity contribution in [3.63, 3.8) is 0 Å². The minimum atomic E-state index is -3.89. The fourth-order valence-corrected chi connectivity index (χ4v) is 6.55. The molecule has 0 aromatic heterocycles. The molecule has 0 aliphatic heterocycles. The van der Waals surface area contributed by atoms with Crippen LogP contribution in [0.2, 0.25) is 10.0 Å². The van der Waals surface area contributed by atoms with E-state index in [9.17, 15) is 23.7 Å². The Hall–Kier alpha value is -3.69. The first-order chi connectivity index (χ1) is 22.1. The van der Waals surface area contributed by atoms with Crippen molar-refractivity contribution in [1.82, 2.24) is 10.6 Å². The van der Waals surface area contributed by atoms with Gasteiger partial charge in [-0.25, -0.2) is 4.79 Å². The second-order valence-corrected chi connectivity index (χ2v) is 15.3. The van der Waals surface area contributed by atoms with Gasteiger partial charge in [-0.1, -0.05) is 67.4 Å². The van der Waals surface area contributed by atoms with Crippen LogP contribution in [0, 0.1) is 5.92 Å². The van der Waals surface area contributed by atoms with E-state index >= 15 is 0 Å². The van der Waals surface area contributed by atoms with E-state index in [1.807, 2.05) is 6.07 Å². The number of benzene rings is 3. The van der Waals surface area contributed by atoms with Crippen molar-refractivity contribution in [2.75, 3.05) is 6.61 Å². The number of esters is 1. The second kappa shape index (κ2) is 16.9. The predicted octanol–water partition coefficient (Wildman–Crippen LogP) is 5.98. The fraction of sp³-hybridized carbons (Fsp3) is 0.353. The summed E-state index contributed by atoms with van der Waals surface area (Å²) in [5.41, 5.74) is -0.111. The highest BCUT2D eigenvalue weighted by Gasteiger charge is 2.35. The lowest BCUT2D eigenvalue weighted by molar-refractivity contribution is -0.156. The number of halogens is 2. The van der Waals surface area contributed by atoms with E-state index < -0.39 is 67.8 Å². The third-order valence-electron chi connectivity index (χ3n) is 6.65. The quantitative estimate of drug-likeness (QED) is 0.155. The molecular formula is C34H39Cl2N2O8P. The first-order valence-electron chi connectivity index (χ1n) is 14.9. The number of carbonyl (C=O) groups is 4. The van der Waals surface area contributed by atoms with Gasteiger partial charge >= 0.3 is 12.1 Å². The highest BCUT2D eigenvalue weighted by atomic mass is 35.5. The van der Waals surface area contributed by atoms with Crippen LogP contribution in [-0.2, 0) is 39.6 Å². The van der Waals surface area contributed by atoms with Gasteiger partial charge < -0.3 is 24.6 Å². The minimum Gasteiger partial charge on any atom is -0.460 e. The fourth-order valence-electron chi connectivity index (χ4n) is 4.31. The van der Waals surface area contributed by atoms with E-state index in [0.29, 0.717) is 10.0 Å². The molecule has 0 unspecified atom stereocenters. The van der Waals surface area contributed by atoms with Gasteiger partial charge in [-0.15, -0.1) is 0 Å². The summed E-state index contributed by atoms with van der Waals surface area (Å²) >= 11 is 12.1. The molecule has 0 saturated heterocycles. The molecule has 2 N–H and O–H groups in total. The molecule has 2 atom stereocenters. The number of nitrogens with one attached hydrogen (secondary N) is 2. The van der Waals surface area contributed by atoms with Gasteiger partial charge in [-0.3, -0.25) is 18.9 Å². The van der Waals surface area contributed by atoms with Crippen molar-refractivity contribution in [3.8, 4) is 0 Å². The van der Waals surface area contributed by atoms with Crippen LogP contribution < -0.4 is 21.2 Å². The molecule has 0 spiro atoms. The Balaban J connectivity index is 1.82. The standard InChI is InChI=1S/C34H39Cl2N2O8P/c1-22(2)31(38-33(42)44-20-23-9-7-6-8-10-23)32(41)37-28(19-30(40)46-34(3,4)5)29(39)21-45-47(43,26-15-11-24(35)12-16-26)27-17-13-25(36)14-18-27/h6-18,22,28,31H,19-21H2,1-5H3,(H,37,41)(H,38,42)/t28-,31-/m0/s1. The number of amides is 2. The number of ketones is 1. The number of ether oxygens (including phenoxy) is 2. The highest BCUT2D eigenvalue weighted by Crippen LogP contribution is 2.45. The van der Waals surface area contributed by atoms with E-state index in [1.54, 1.807) is 83.1 Å². The molecule has 2 amide bonds. The van der Waals surface area contributed by atoms with Crippen molar-refractivity contribution >= 4 is 64.9 Å². The van der Waals surface area contributed by atoms with Crippen LogP contribution in [0.4, 0.5) is 4.79 Å². The summed E-state index contributed by atoms with van der Waals surface area (Å²) in [4.78, 5) is 52.5. The SMILES string of the molecule is CC(C)[C@H](NC(=O)OCc1ccccc1)C(=O)N[C@@H](CC(=O)OC(C)(C)C)C(=O)COP(=O)(c1ccc(Cl)cc1)c1ccc(Cl)cc1. The zero-order chi connectivity index (χ0) is 34.8. The predicted molar refractivity (Wildman–Crippen MR) is 182 cm³/mol. The van der Waals surface area contributed by atoms with Crippen molar-refractivity contribution in [2.45, 2.75) is 65.3 Å². The molecule has 3 aromatic carbocycles. The van der Waals surface area contributed by atoms with E-state index in [0.717, 1.165) is 5.56 Å². The maximum absolute atomic E-state index is 14.4. The van der Waals surface area contributed by atoms with Crippen molar-refractivity contribution < 1.29 is 37.7 Å². The number of hydrogen-bond acceptors (Lipinski definition) is 8. The lowest BCUT2D eigenvalue weighted by Gasteiger charge is -2.26. The van der Waals surface area contributed by atoms with Crippen molar-refractivity contribution in [2.24, 2.45) is 5.92 Å². The lowest BCUT2D eigenvalue weighted by atomic mass is 10.0. The van der Waals surface area contributed by atoms with Crippen LogP contribution in [0.5, 0.6) is 0 Å².